The molecule has 0 atom stereocenters. The van der Waals surface area contributed by atoms with Crippen LogP contribution < -0.4 is 5.73 Å². The van der Waals surface area contributed by atoms with Crippen molar-refractivity contribution in [2.75, 3.05) is 5.73 Å². The number of nitrogens with zero attached hydrogens (tertiary/aromatic N) is 3. The van der Waals surface area contributed by atoms with Gasteiger partial charge >= 0.3 is 0 Å². The Balaban J connectivity index is 2.55. The SMILES string of the molecule is Cc1cnc(C)c(-c2cc(N)n[nH]2)n1. The highest BCUT2D eigenvalue weighted by Gasteiger charge is 2.07. The number of aromatic nitrogens is 4. The summed E-state index contributed by atoms with van der Waals surface area (Å²) >= 11 is 0. The summed E-state index contributed by atoms with van der Waals surface area (Å²) in [5.74, 6) is 0.461. The number of anilines is 1. The molecule has 5 heteroatoms. The van der Waals surface area contributed by atoms with Crippen LogP contribution in [0.5, 0.6) is 0 Å². The summed E-state index contributed by atoms with van der Waals surface area (Å²) < 4.78 is 0. The molecule has 3 N–H and O–H groups in total. The molecule has 0 radical (unpaired) electrons. The number of aromatic amines is 1. The Hall–Kier alpha value is -1.91. The van der Waals surface area contributed by atoms with E-state index in [1.807, 2.05) is 13.8 Å². The van der Waals surface area contributed by atoms with Crippen molar-refractivity contribution >= 4 is 5.82 Å². The molecule has 0 fully saturated rings. The van der Waals surface area contributed by atoms with E-state index in [4.69, 9.17) is 5.73 Å². The van der Waals surface area contributed by atoms with E-state index < -0.39 is 0 Å². The van der Waals surface area contributed by atoms with Crippen LogP contribution >= 0.6 is 0 Å². The Kier molecular flexibility index (Phi) is 1.92. The summed E-state index contributed by atoms with van der Waals surface area (Å²) in [6.07, 6.45) is 1.73. The first-order chi connectivity index (χ1) is 6.66. The van der Waals surface area contributed by atoms with Gasteiger partial charge in [0.05, 0.1) is 17.1 Å². The third kappa shape index (κ3) is 1.44. The van der Waals surface area contributed by atoms with Crippen LogP contribution in [0.4, 0.5) is 5.82 Å². The number of rotatable bonds is 1. The monoisotopic (exact) mass is 189 g/mol. The molecule has 0 aliphatic heterocycles. The lowest BCUT2D eigenvalue weighted by atomic mass is 10.2. The van der Waals surface area contributed by atoms with Gasteiger partial charge in [0.2, 0.25) is 0 Å². The van der Waals surface area contributed by atoms with E-state index in [0.29, 0.717) is 5.82 Å². The molecule has 0 unspecified atom stereocenters. The van der Waals surface area contributed by atoms with E-state index in [2.05, 4.69) is 20.2 Å². The largest absolute Gasteiger partial charge is 0.382 e. The highest BCUT2D eigenvalue weighted by atomic mass is 15.2. The second kappa shape index (κ2) is 3.10. The van der Waals surface area contributed by atoms with Crippen LogP contribution in [0.3, 0.4) is 0 Å². The molecule has 0 saturated carbocycles. The zero-order valence-corrected chi connectivity index (χ0v) is 8.07. The average molecular weight is 189 g/mol. The van der Waals surface area contributed by atoms with Crippen molar-refractivity contribution in [2.45, 2.75) is 13.8 Å². The molecule has 0 amide bonds. The fraction of sp³-hybridized carbons (Fsp3) is 0.222. The Bertz CT molecular complexity index is 460. The van der Waals surface area contributed by atoms with Gasteiger partial charge in [-0.05, 0) is 13.8 Å². The zero-order chi connectivity index (χ0) is 10.1. The van der Waals surface area contributed by atoms with Gasteiger partial charge in [0.1, 0.15) is 11.5 Å². The molecular formula is C9H11N5. The molecule has 0 aromatic carbocycles. The van der Waals surface area contributed by atoms with Gasteiger partial charge in [0.25, 0.3) is 0 Å². The summed E-state index contributed by atoms with van der Waals surface area (Å²) in [5.41, 5.74) is 8.85. The van der Waals surface area contributed by atoms with Gasteiger partial charge in [0.15, 0.2) is 0 Å². The minimum absolute atomic E-state index is 0.461. The lowest BCUT2D eigenvalue weighted by Crippen LogP contribution is -1.94. The first-order valence-corrected chi connectivity index (χ1v) is 4.28. The van der Waals surface area contributed by atoms with Crippen LogP contribution in [0.1, 0.15) is 11.4 Å². The first-order valence-electron chi connectivity index (χ1n) is 4.28. The number of nitrogens with two attached hydrogens (primary N) is 1. The van der Waals surface area contributed by atoms with Crippen molar-refractivity contribution in [1.82, 2.24) is 20.2 Å². The highest BCUT2D eigenvalue weighted by molar-refractivity contribution is 5.59. The molecule has 72 valence electrons. The van der Waals surface area contributed by atoms with Crippen molar-refractivity contribution in [3.63, 3.8) is 0 Å². The van der Waals surface area contributed by atoms with Gasteiger partial charge in [0, 0.05) is 12.3 Å². The Morgan fingerprint density at radius 1 is 1.36 bits per heavy atom. The van der Waals surface area contributed by atoms with Gasteiger partial charge in [-0.1, -0.05) is 0 Å². The van der Waals surface area contributed by atoms with E-state index in [1.54, 1.807) is 12.3 Å². The van der Waals surface area contributed by atoms with Gasteiger partial charge in [-0.3, -0.25) is 10.1 Å². The van der Waals surface area contributed by atoms with Gasteiger partial charge < -0.3 is 5.73 Å². The zero-order valence-electron chi connectivity index (χ0n) is 8.07. The molecule has 0 aliphatic carbocycles. The lowest BCUT2D eigenvalue weighted by molar-refractivity contribution is 1.04. The molecule has 2 rings (SSSR count). The third-order valence-corrected chi connectivity index (χ3v) is 1.93. The minimum Gasteiger partial charge on any atom is -0.382 e. The van der Waals surface area contributed by atoms with Crippen LogP contribution in [0, 0.1) is 13.8 Å². The average Bonchev–Trinajstić information content (AvgIpc) is 2.56. The summed E-state index contributed by atoms with van der Waals surface area (Å²) in [6.45, 7) is 3.80. The Morgan fingerprint density at radius 3 is 2.79 bits per heavy atom. The van der Waals surface area contributed by atoms with Crippen LogP contribution in [0.25, 0.3) is 11.4 Å². The van der Waals surface area contributed by atoms with Crippen molar-refractivity contribution in [2.24, 2.45) is 0 Å². The predicted molar refractivity (Wildman–Crippen MR) is 53.5 cm³/mol. The summed E-state index contributed by atoms with van der Waals surface area (Å²) in [4.78, 5) is 8.58. The molecule has 2 heterocycles. The Morgan fingerprint density at radius 2 is 2.14 bits per heavy atom. The normalized spacial score (nSPS) is 10.4. The highest BCUT2D eigenvalue weighted by Crippen LogP contribution is 2.18. The number of hydrogen-bond donors (Lipinski definition) is 2. The fourth-order valence-corrected chi connectivity index (χ4v) is 1.25. The number of aryl methyl sites for hydroxylation is 2. The van der Waals surface area contributed by atoms with E-state index >= 15 is 0 Å². The molecular weight excluding hydrogens is 178 g/mol. The van der Waals surface area contributed by atoms with Crippen molar-refractivity contribution < 1.29 is 0 Å². The van der Waals surface area contributed by atoms with E-state index in [0.717, 1.165) is 22.8 Å². The van der Waals surface area contributed by atoms with Crippen LogP contribution in [-0.4, -0.2) is 20.2 Å². The van der Waals surface area contributed by atoms with Crippen LogP contribution in [0.15, 0.2) is 12.3 Å². The van der Waals surface area contributed by atoms with Gasteiger partial charge in [-0.25, -0.2) is 4.98 Å². The minimum atomic E-state index is 0.461. The van der Waals surface area contributed by atoms with E-state index in [1.165, 1.54) is 0 Å². The summed E-state index contributed by atoms with van der Waals surface area (Å²) in [7, 11) is 0. The maximum absolute atomic E-state index is 5.51. The molecule has 2 aromatic heterocycles. The molecule has 0 spiro atoms. The van der Waals surface area contributed by atoms with Crippen molar-refractivity contribution in [3.05, 3.63) is 23.7 Å². The summed E-state index contributed by atoms with van der Waals surface area (Å²) in [5, 5.41) is 6.66. The smallest absolute Gasteiger partial charge is 0.145 e. The maximum Gasteiger partial charge on any atom is 0.145 e. The number of nitrogen functional groups attached to an aromatic ring is 1. The van der Waals surface area contributed by atoms with Gasteiger partial charge in [-0.2, -0.15) is 5.10 Å². The maximum atomic E-state index is 5.51. The second-order valence-electron chi connectivity index (χ2n) is 3.15. The third-order valence-electron chi connectivity index (χ3n) is 1.93. The molecule has 0 aliphatic rings. The van der Waals surface area contributed by atoms with Crippen molar-refractivity contribution in [1.29, 1.82) is 0 Å². The number of nitrogens with one attached hydrogen (secondary N) is 1. The molecule has 14 heavy (non-hydrogen) atoms. The van der Waals surface area contributed by atoms with Crippen LogP contribution in [0.2, 0.25) is 0 Å². The predicted octanol–water partition coefficient (Wildman–Crippen LogP) is 1.07. The topological polar surface area (TPSA) is 80.5 Å². The van der Waals surface area contributed by atoms with Gasteiger partial charge in [-0.15, -0.1) is 0 Å². The fourth-order valence-electron chi connectivity index (χ4n) is 1.25. The van der Waals surface area contributed by atoms with Crippen LogP contribution in [-0.2, 0) is 0 Å². The second-order valence-corrected chi connectivity index (χ2v) is 3.15. The van der Waals surface area contributed by atoms with E-state index in [-0.39, 0.29) is 0 Å². The number of H-pyrrole nitrogens is 1. The Labute approximate surface area is 81.4 Å². The lowest BCUT2D eigenvalue weighted by Gasteiger charge is -2.01. The number of hydrogen-bond acceptors (Lipinski definition) is 4. The van der Waals surface area contributed by atoms with Crippen molar-refractivity contribution in [3.8, 4) is 11.4 Å². The molecule has 0 bridgehead atoms. The standard InChI is InChI=1S/C9H11N5/c1-5-4-11-6(2)9(12-5)7-3-8(10)14-13-7/h3-4H,1-2H3,(H3,10,13,14). The quantitative estimate of drug-likeness (QED) is 0.703. The first kappa shape index (κ1) is 8.68. The molecule has 5 nitrogen and oxygen atoms in total. The molecule has 0 saturated heterocycles. The molecule has 2 aromatic rings. The summed E-state index contributed by atoms with van der Waals surface area (Å²) in [6, 6.07) is 1.75. The van der Waals surface area contributed by atoms with E-state index in [9.17, 15) is 0 Å².